The molecule has 1 aromatic rings. The van der Waals surface area contributed by atoms with Crippen LogP contribution < -0.4 is 0 Å². The molecule has 0 spiro atoms. The average molecular weight is 265 g/mol. The molecular weight excluding hydrogens is 252 g/mol. The Balaban J connectivity index is 2.31. The maximum atomic E-state index is 9.05. The van der Waals surface area contributed by atoms with Gasteiger partial charge < -0.3 is 0 Å². The van der Waals surface area contributed by atoms with Crippen molar-refractivity contribution in [2.45, 2.75) is 25.3 Å². The summed E-state index contributed by atoms with van der Waals surface area (Å²) in [7, 11) is 0. The first kappa shape index (κ1) is 10.7. The van der Waals surface area contributed by atoms with Gasteiger partial charge in [-0.25, -0.2) is 3.93 Å². The zero-order valence-corrected chi connectivity index (χ0v) is 10.1. The van der Waals surface area contributed by atoms with E-state index in [9.17, 15) is 0 Å². The van der Waals surface area contributed by atoms with Crippen molar-refractivity contribution < 1.29 is 0 Å². The van der Waals surface area contributed by atoms with Crippen LogP contribution in [0, 0.1) is 11.3 Å². The molecule has 1 heterocycles. The second-order valence-electron chi connectivity index (χ2n) is 3.83. The highest BCUT2D eigenvalue weighted by atomic mass is 79.9. The van der Waals surface area contributed by atoms with Crippen molar-refractivity contribution >= 4 is 16.1 Å². The van der Waals surface area contributed by atoms with Crippen LogP contribution in [-0.2, 0) is 0 Å². The number of hydrogen-bond acceptors (Lipinski definition) is 2. The Kier molecular flexibility index (Phi) is 3.40. The van der Waals surface area contributed by atoms with Gasteiger partial charge in [0.2, 0.25) is 0 Å². The second-order valence-corrected chi connectivity index (χ2v) is 4.74. The summed E-state index contributed by atoms with van der Waals surface area (Å²) in [6, 6.07) is 10.5. The van der Waals surface area contributed by atoms with Crippen LogP contribution in [0.5, 0.6) is 0 Å². The largest absolute Gasteiger partial charge is 0.235 e. The number of rotatable bonds is 1. The zero-order chi connectivity index (χ0) is 10.7. The van der Waals surface area contributed by atoms with Crippen LogP contribution >= 0.6 is 16.1 Å². The predicted octanol–water partition coefficient (Wildman–Crippen LogP) is 3.40. The smallest absolute Gasteiger partial charge is 0.0995 e. The lowest BCUT2D eigenvalue weighted by atomic mass is 9.94. The normalized spacial score (nSPS) is 22.3. The van der Waals surface area contributed by atoms with E-state index in [0.29, 0.717) is 6.04 Å². The van der Waals surface area contributed by atoms with Gasteiger partial charge in [0.25, 0.3) is 0 Å². The van der Waals surface area contributed by atoms with Crippen LogP contribution in [0.1, 0.15) is 36.4 Å². The van der Waals surface area contributed by atoms with Gasteiger partial charge in [-0.2, -0.15) is 5.26 Å². The number of piperidine rings is 1. The van der Waals surface area contributed by atoms with E-state index in [1.54, 1.807) is 0 Å². The third-order valence-electron chi connectivity index (χ3n) is 2.88. The van der Waals surface area contributed by atoms with Crippen molar-refractivity contribution in [3.8, 4) is 6.07 Å². The van der Waals surface area contributed by atoms with Gasteiger partial charge in [0, 0.05) is 28.7 Å². The van der Waals surface area contributed by atoms with Crippen molar-refractivity contribution in [3.63, 3.8) is 0 Å². The van der Waals surface area contributed by atoms with Crippen molar-refractivity contribution in [2.75, 3.05) is 6.54 Å². The number of nitriles is 1. The van der Waals surface area contributed by atoms with Crippen LogP contribution in [0.2, 0.25) is 0 Å². The minimum Gasteiger partial charge on any atom is -0.235 e. The lowest BCUT2D eigenvalue weighted by molar-refractivity contribution is 0.289. The number of nitrogens with zero attached hydrogens (tertiary/aromatic N) is 2. The van der Waals surface area contributed by atoms with Crippen LogP contribution in [0.15, 0.2) is 24.3 Å². The van der Waals surface area contributed by atoms with Crippen LogP contribution in [0.4, 0.5) is 0 Å². The van der Waals surface area contributed by atoms with Gasteiger partial charge in [0.1, 0.15) is 0 Å². The van der Waals surface area contributed by atoms with Gasteiger partial charge in [-0.1, -0.05) is 24.6 Å². The molecule has 2 rings (SSSR count). The number of hydrogen-bond donors (Lipinski definition) is 0. The highest BCUT2D eigenvalue weighted by Crippen LogP contribution is 2.34. The molecule has 0 saturated carbocycles. The molecule has 0 amide bonds. The Morgan fingerprint density at radius 1 is 1.33 bits per heavy atom. The van der Waals surface area contributed by atoms with Gasteiger partial charge in [-0.3, -0.25) is 0 Å². The predicted molar refractivity (Wildman–Crippen MR) is 63.4 cm³/mol. The van der Waals surface area contributed by atoms with Gasteiger partial charge in [-0.05, 0) is 24.5 Å². The summed E-state index contributed by atoms with van der Waals surface area (Å²) < 4.78 is 2.17. The molecule has 1 aliphatic heterocycles. The molecule has 0 radical (unpaired) electrons. The number of benzene rings is 1. The Bertz CT molecular complexity index is 383. The van der Waals surface area contributed by atoms with Crippen LogP contribution in [0.3, 0.4) is 0 Å². The summed E-state index contributed by atoms with van der Waals surface area (Å²) in [5.41, 5.74) is 1.95. The van der Waals surface area contributed by atoms with Crippen molar-refractivity contribution in [3.05, 3.63) is 35.4 Å². The van der Waals surface area contributed by atoms with E-state index >= 15 is 0 Å². The first-order chi connectivity index (χ1) is 7.33. The minimum absolute atomic E-state index is 0.356. The average Bonchev–Trinajstić information content (AvgIpc) is 2.30. The van der Waals surface area contributed by atoms with Gasteiger partial charge in [0.15, 0.2) is 0 Å². The fourth-order valence-corrected chi connectivity index (χ4v) is 2.77. The summed E-state index contributed by atoms with van der Waals surface area (Å²) >= 11 is 3.58. The van der Waals surface area contributed by atoms with Crippen LogP contribution in [-0.4, -0.2) is 10.5 Å². The molecule has 1 unspecified atom stereocenters. The molecule has 78 valence electrons. The molecule has 1 fully saturated rings. The van der Waals surface area contributed by atoms with Gasteiger partial charge >= 0.3 is 0 Å². The van der Waals surface area contributed by atoms with E-state index < -0.39 is 0 Å². The van der Waals surface area contributed by atoms with Gasteiger partial charge in [0.05, 0.1) is 11.6 Å². The van der Waals surface area contributed by atoms with E-state index in [-0.39, 0.29) is 0 Å². The SMILES string of the molecule is N#Cc1ccccc1C1CCCCN1Br. The summed E-state index contributed by atoms with van der Waals surface area (Å²) in [5.74, 6) is 0. The van der Waals surface area contributed by atoms with Crippen molar-refractivity contribution in [1.82, 2.24) is 3.93 Å². The van der Waals surface area contributed by atoms with Crippen molar-refractivity contribution in [1.29, 1.82) is 5.26 Å². The lowest BCUT2D eigenvalue weighted by Crippen LogP contribution is -2.25. The van der Waals surface area contributed by atoms with Crippen molar-refractivity contribution in [2.24, 2.45) is 0 Å². The van der Waals surface area contributed by atoms with E-state index in [0.717, 1.165) is 24.1 Å². The Labute approximate surface area is 98.8 Å². The zero-order valence-electron chi connectivity index (χ0n) is 8.49. The van der Waals surface area contributed by atoms with E-state index in [4.69, 9.17) is 5.26 Å². The molecule has 1 atom stereocenters. The highest BCUT2D eigenvalue weighted by Gasteiger charge is 2.23. The van der Waals surface area contributed by atoms with E-state index in [2.05, 4.69) is 32.2 Å². The highest BCUT2D eigenvalue weighted by molar-refractivity contribution is 9.07. The molecule has 0 aromatic heterocycles. The Hall–Kier alpha value is -0.850. The topological polar surface area (TPSA) is 27.0 Å². The molecule has 0 N–H and O–H groups in total. The Morgan fingerprint density at radius 3 is 2.87 bits per heavy atom. The molecule has 1 aliphatic rings. The summed E-state index contributed by atoms with van der Waals surface area (Å²) in [4.78, 5) is 0. The van der Waals surface area contributed by atoms with E-state index in [1.165, 1.54) is 12.8 Å². The molecule has 1 saturated heterocycles. The molecule has 0 aliphatic carbocycles. The summed E-state index contributed by atoms with van der Waals surface area (Å²) in [6.07, 6.45) is 3.60. The number of halogens is 1. The molecule has 2 nitrogen and oxygen atoms in total. The fraction of sp³-hybridized carbons (Fsp3) is 0.417. The first-order valence-corrected chi connectivity index (χ1v) is 5.95. The monoisotopic (exact) mass is 264 g/mol. The first-order valence-electron chi connectivity index (χ1n) is 5.24. The molecule has 15 heavy (non-hydrogen) atoms. The standard InChI is InChI=1S/C12H13BrN2/c13-15-8-4-3-7-12(15)11-6-2-1-5-10(11)9-14/h1-2,5-6,12H,3-4,7-8H2. The Morgan fingerprint density at radius 2 is 2.13 bits per heavy atom. The lowest BCUT2D eigenvalue weighted by Gasteiger charge is -2.31. The molecule has 0 bridgehead atoms. The molecule has 3 heteroatoms. The fourth-order valence-electron chi connectivity index (χ4n) is 2.09. The van der Waals surface area contributed by atoms with E-state index in [1.807, 2.05) is 18.2 Å². The minimum atomic E-state index is 0.356. The maximum Gasteiger partial charge on any atom is 0.0995 e. The molecule has 1 aromatic carbocycles. The summed E-state index contributed by atoms with van der Waals surface area (Å²) in [6.45, 7) is 1.06. The maximum absolute atomic E-state index is 9.05. The quantitative estimate of drug-likeness (QED) is 0.728. The third-order valence-corrected chi connectivity index (χ3v) is 3.73. The second kappa shape index (κ2) is 4.78. The van der Waals surface area contributed by atoms with Crippen LogP contribution in [0.25, 0.3) is 0 Å². The van der Waals surface area contributed by atoms with Gasteiger partial charge in [-0.15, -0.1) is 0 Å². The third kappa shape index (κ3) is 2.22. The molecular formula is C12H13BrN2. The summed E-state index contributed by atoms with van der Waals surface area (Å²) in [5, 5.41) is 9.05.